The molecule has 0 saturated carbocycles. The fraction of sp³-hybridized carbons (Fsp3) is 0.222. The van der Waals surface area contributed by atoms with Gasteiger partial charge in [-0.1, -0.05) is 6.07 Å². The van der Waals surface area contributed by atoms with Gasteiger partial charge in [0.05, 0.1) is 29.7 Å². The summed E-state index contributed by atoms with van der Waals surface area (Å²) in [6, 6.07) is 6.31. The van der Waals surface area contributed by atoms with Crippen molar-refractivity contribution in [2.24, 2.45) is 5.10 Å². The third-order valence-corrected chi connectivity index (χ3v) is 3.65. The molecule has 0 radical (unpaired) electrons. The molecule has 0 aliphatic heterocycles. The van der Waals surface area contributed by atoms with Crippen LogP contribution >= 0.6 is 0 Å². The Bertz CT molecular complexity index is 945. The first-order valence-electron chi connectivity index (χ1n) is 8.24. The summed E-state index contributed by atoms with van der Waals surface area (Å²) >= 11 is 0. The van der Waals surface area contributed by atoms with Gasteiger partial charge in [0.25, 0.3) is 5.69 Å². The number of rotatable bonds is 7. The molecule has 2 aromatic carbocycles. The summed E-state index contributed by atoms with van der Waals surface area (Å²) in [6.07, 6.45) is -4.02. The molecular formula is C18H16F3N3O5. The van der Waals surface area contributed by atoms with Crippen LogP contribution in [0.4, 0.5) is 18.9 Å². The van der Waals surface area contributed by atoms with Crippen molar-refractivity contribution < 1.29 is 32.7 Å². The molecule has 11 heteroatoms. The van der Waals surface area contributed by atoms with Gasteiger partial charge < -0.3 is 9.84 Å². The Morgan fingerprint density at radius 2 is 2.03 bits per heavy atom. The number of aromatic hydroxyl groups is 1. The SMILES string of the molecule is CCOc1cc(C=NNC(=O)Cc2ccc(C(F)(F)F)cc2[N+](=O)[O-])ccc1O. The number of halogens is 3. The van der Waals surface area contributed by atoms with E-state index >= 15 is 0 Å². The van der Waals surface area contributed by atoms with Crippen molar-refractivity contribution in [2.45, 2.75) is 19.5 Å². The van der Waals surface area contributed by atoms with Crippen molar-refractivity contribution >= 4 is 17.8 Å². The average molecular weight is 411 g/mol. The van der Waals surface area contributed by atoms with Crippen LogP contribution in [0.1, 0.15) is 23.6 Å². The highest BCUT2D eigenvalue weighted by molar-refractivity contribution is 5.84. The zero-order valence-corrected chi connectivity index (χ0v) is 15.1. The lowest BCUT2D eigenvalue weighted by Crippen LogP contribution is -2.20. The Balaban J connectivity index is 2.08. The van der Waals surface area contributed by atoms with Crippen molar-refractivity contribution in [3.63, 3.8) is 0 Å². The second kappa shape index (κ2) is 9.04. The van der Waals surface area contributed by atoms with Gasteiger partial charge >= 0.3 is 6.18 Å². The summed E-state index contributed by atoms with van der Waals surface area (Å²) in [7, 11) is 0. The predicted octanol–water partition coefficient (Wildman–Crippen LogP) is 3.41. The van der Waals surface area contributed by atoms with Gasteiger partial charge in [-0.15, -0.1) is 0 Å². The first-order valence-corrected chi connectivity index (χ1v) is 8.24. The molecule has 2 aromatic rings. The lowest BCUT2D eigenvalue weighted by atomic mass is 10.1. The average Bonchev–Trinajstić information content (AvgIpc) is 2.63. The summed E-state index contributed by atoms with van der Waals surface area (Å²) in [4.78, 5) is 22.0. The fourth-order valence-corrected chi connectivity index (χ4v) is 2.33. The van der Waals surface area contributed by atoms with Crippen molar-refractivity contribution in [1.29, 1.82) is 0 Å². The van der Waals surface area contributed by atoms with Crippen LogP contribution in [-0.2, 0) is 17.4 Å². The highest BCUT2D eigenvalue weighted by Crippen LogP contribution is 2.33. The maximum absolute atomic E-state index is 12.7. The first-order chi connectivity index (χ1) is 13.6. The number of nitrogens with one attached hydrogen (secondary N) is 1. The van der Waals surface area contributed by atoms with Gasteiger partial charge in [-0.2, -0.15) is 18.3 Å². The van der Waals surface area contributed by atoms with Gasteiger partial charge in [-0.25, -0.2) is 5.43 Å². The van der Waals surface area contributed by atoms with Gasteiger partial charge in [-0.05, 0) is 36.8 Å². The van der Waals surface area contributed by atoms with Crippen LogP contribution in [0, 0.1) is 10.1 Å². The quantitative estimate of drug-likeness (QED) is 0.412. The number of phenolic OH excluding ortho intramolecular Hbond substituents is 1. The number of hydrazone groups is 1. The number of benzene rings is 2. The molecule has 0 bridgehead atoms. The molecule has 0 spiro atoms. The molecule has 0 unspecified atom stereocenters. The molecule has 0 heterocycles. The zero-order chi connectivity index (χ0) is 21.6. The molecule has 29 heavy (non-hydrogen) atoms. The number of carbonyl (C=O) groups is 1. The number of phenols is 1. The number of ether oxygens (including phenoxy) is 1. The standard InChI is InChI=1S/C18H16F3N3O5/c1-2-29-16-7-11(3-6-15(16)25)10-22-23-17(26)8-12-4-5-13(18(19,20)21)9-14(12)24(27)28/h3-7,9-10,25H,2,8H2,1H3,(H,23,26). The second-order valence-electron chi connectivity index (χ2n) is 5.73. The number of amides is 1. The minimum Gasteiger partial charge on any atom is -0.504 e. The second-order valence-corrected chi connectivity index (χ2v) is 5.73. The number of nitro groups is 1. The van der Waals surface area contributed by atoms with E-state index in [1.807, 2.05) is 0 Å². The number of hydrogen-bond acceptors (Lipinski definition) is 6. The molecule has 1 amide bonds. The molecule has 8 nitrogen and oxygen atoms in total. The van der Waals surface area contributed by atoms with Crippen molar-refractivity contribution in [3.8, 4) is 11.5 Å². The summed E-state index contributed by atoms with van der Waals surface area (Å²) < 4.78 is 43.3. The molecule has 0 atom stereocenters. The number of hydrogen-bond donors (Lipinski definition) is 2. The Morgan fingerprint density at radius 1 is 1.31 bits per heavy atom. The normalized spacial score (nSPS) is 11.4. The molecule has 0 saturated heterocycles. The third-order valence-electron chi connectivity index (χ3n) is 3.65. The molecular weight excluding hydrogens is 395 g/mol. The van der Waals surface area contributed by atoms with Gasteiger partial charge in [0, 0.05) is 11.6 Å². The summed E-state index contributed by atoms with van der Waals surface area (Å²) in [5.41, 5.74) is 0.467. The number of nitro benzene ring substituents is 1. The molecule has 154 valence electrons. The molecule has 0 aromatic heterocycles. The Kier molecular flexibility index (Phi) is 6.75. The van der Waals surface area contributed by atoms with Gasteiger partial charge in [0.2, 0.25) is 5.91 Å². The number of nitrogens with zero attached hydrogens (tertiary/aromatic N) is 2. The third kappa shape index (κ3) is 5.92. The van der Waals surface area contributed by atoms with Crippen LogP contribution in [0.15, 0.2) is 41.5 Å². The molecule has 2 N–H and O–H groups in total. The molecule has 0 fully saturated rings. The lowest BCUT2D eigenvalue weighted by molar-refractivity contribution is -0.385. The van der Waals surface area contributed by atoms with E-state index in [4.69, 9.17) is 4.74 Å². The molecule has 2 rings (SSSR count). The van der Waals surface area contributed by atoms with Gasteiger partial charge in [0.15, 0.2) is 11.5 Å². The minimum atomic E-state index is -4.74. The Morgan fingerprint density at radius 3 is 2.66 bits per heavy atom. The highest BCUT2D eigenvalue weighted by Gasteiger charge is 2.33. The van der Waals surface area contributed by atoms with E-state index in [2.05, 4.69) is 10.5 Å². The summed E-state index contributed by atoms with van der Waals surface area (Å²) in [5.74, 6) is -0.598. The van der Waals surface area contributed by atoms with E-state index in [0.29, 0.717) is 24.3 Å². The topological polar surface area (TPSA) is 114 Å². The fourth-order valence-electron chi connectivity index (χ4n) is 2.33. The Hall–Kier alpha value is -3.63. The summed E-state index contributed by atoms with van der Waals surface area (Å²) in [6.45, 7) is 2.07. The van der Waals surface area contributed by atoms with Gasteiger partial charge in [0.1, 0.15) is 0 Å². The highest BCUT2D eigenvalue weighted by atomic mass is 19.4. The van der Waals surface area contributed by atoms with E-state index in [-0.39, 0.29) is 17.1 Å². The number of carbonyl (C=O) groups excluding carboxylic acids is 1. The van der Waals surface area contributed by atoms with Crippen molar-refractivity contribution in [1.82, 2.24) is 5.43 Å². The summed E-state index contributed by atoms with van der Waals surface area (Å²) in [5, 5.41) is 24.3. The zero-order valence-electron chi connectivity index (χ0n) is 15.1. The van der Waals surface area contributed by atoms with Crippen LogP contribution in [-0.4, -0.2) is 28.8 Å². The van der Waals surface area contributed by atoms with Crippen molar-refractivity contribution in [3.05, 3.63) is 63.2 Å². The smallest absolute Gasteiger partial charge is 0.416 e. The van der Waals surface area contributed by atoms with Crippen LogP contribution in [0.3, 0.4) is 0 Å². The van der Waals surface area contributed by atoms with E-state index in [1.54, 1.807) is 6.92 Å². The maximum atomic E-state index is 12.7. The molecule has 0 aliphatic carbocycles. The van der Waals surface area contributed by atoms with E-state index in [0.717, 1.165) is 6.07 Å². The first kappa shape index (κ1) is 21.7. The minimum absolute atomic E-state index is 0.0670. The van der Waals surface area contributed by atoms with Crippen LogP contribution < -0.4 is 10.2 Å². The van der Waals surface area contributed by atoms with Crippen LogP contribution in [0.5, 0.6) is 11.5 Å². The largest absolute Gasteiger partial charge is 0.504 e. The lowest BCUT2D eigenvalue weighted by Gasteiger charge is -2.08. The van der Waals surface area contributed by atoms with Gasteiger partial charge in [-0.3, -0.25) is 14.9 Å². The van der Waals surface area contributed by atoms with E-state index in [1.165, 1.54) is 24.4 Å². The predicted molar refractivity (Wildman–Crippen MR) is 96.8 cm³/mol. The monoisotopic (exact) mass is 411 g/mol. The Labute approximate surface area is 162 Å². The number of alkyl halides is 3. The maximum Gasteiger partial charge on any atom is 0.416 e. The van der Waals surface area contributed by atoms with E-state index in [9.17, 15) is 33.2 Å². The van der Waals surface area contributed by atoms with E-state index < -0.39 is 34.7 Å². The van der Waals surface area contributed by atoms with Crippen LogP contribution in [0.2, 0.25) is 0 Å². The molecule has 0 aliphatic rings. The van der Waals surface area contributed by atoms with Crippen molar-refractivity contribution in [2.75, 3.05) is 6.61 Å². The van der Waals surface area contributed by atoms with Crippen LogP contribution in [0.25, 0.3) is 0 Å².